The van der Waals surface area contributed by atoms with Gasteiger partial charge in [0.05, 0.1) is 17.7 Å². The average Bonchev–Trinajstić information content (AvgIpc) is 3.01. The van der Waals surface area contributed by atoms with Crippen LogP contribution in [0.5, 0.6) is 5.75 Å². The number of anilines is 1. The molecule has 4 aromatic carbocycles. The van der Waals surface area contributed by atoms with Crippen LogP contribution in [-0.2, 0) is 32.6 Å². The molecule has 4 rings (SSSR count). The van der Waals surface area contributed by atoms with Crippen molar-refractivity contribution in [2.75, 3.05) is 18.0 Å². The Bertz CT molecular complexity index is 1760. The number of hydrogen-bond acceptors (Lipinski definition) is 5. The third kappa shape index (κ3) is 8.72. The van der Waals surface area contributed by atoms with E-state index in [1.54, 1.807) is 36.4 Å². The molecule has 1 N–H and O–H groups in total. The van der Waals surface area contributed by atoms with E-state index in [1.807, 2.05) is 58.0 Å². The number of carbonyl (C=O) groups excluding carboxylic acids is 2. The van der Waals surface area contributed by atoms with Crippen molar-refractivity contribution in [2.24, 2.45) is 0 Å². The summed E-state index contributed by atoms with van der Waals surface area (Å²) in [5.41, 5.74) is 1.40. The molecule has 0 aromatic heterocycles. The molecule has 0 heterocycles. The minimum atomic E-state index is -4.41. The summed E-state index contributed by atoms with van der Waals surface area (Å²) in [5.74, 6) is -1.35. The molecule has 4 aromatic rings. The number of hydrogen-bond donors (Lipinski definition) is 1. The molecule has 0 saturated carbocycles. The lowest BCUT2D eigenvalue weighted by Gasteiger charge is -2.35. The van der Waals surface area contributed by atoms with Gasteiger partial charge in [-0.25, -0.2) is 12.8 Å². The van der Waals surface area contributed by atoms with Crippen LogP contribution in [0.3, 0.4) is 0 Å². The molecular formula is C36H40FN3O5S. The molecule has 0 bridgehead atoms. The maximum atomic E-state index is 15.3. The van der Waals surface area contributed by atoms with Crippen LogP contribution in [0.1, 0.15) is 37.5 Å². The number of para-hydroxylation sites is 1. The maximum absolute atomic E-state index is 15.3. The van der Waals surface area contributed by atoms with Crippen LogP contribution in [0.25, 0.3) is 0 Å². The number of nitrogens with one attached hydrogen (secondary N) is 1. The van der Waals surface area contributed by atoms with E-state index in [1.165, 1.54) is 42.3 Å². The Morgan fingerprint density at radius 3 is 2.13 bits per heavy atom. The molecule has 1 atom stereocenters. The fourth-order valence-electron chi connectivity index (χ4n) is 4.98. The molecule has 0 aliphatic rings. The quantitative estimate of drug-likeness (QED) is 0.207. The number of nitrogens with zero attached hydrogens (tertiary/aromatic N) is 2. The predicted octanol–water partition coefficient (Wildman–Crippen LogP) is 5.89. The number of carbonyl (C=O) groups is 2. The topological polar surface area (TPSA) is 96.0 Å². The van der Waals surface area contributed by atoms with E-state index in [9.17, 15) is 18.0 Å². The number of ether oxygens (including phenoxy) is 1. The highest BCUT2D eigenvalue weighted by atomic mass is 32.2. The highest BCUT2D eigenvalue weighted by molar-refractivity contribution is 7.92. The first-order valence-electron chi connectivity index (χ1n) is 14.9. The van der Waals surface area contributed by atoms with Gasteiger partial charge in [0, 0.05) is 18.5 Å². The number of rotatable bonds is 12. The molecule has 46 heavy (non-hydrogen) atoms. The van der Waals surface area contributed by atoms with Crippen molar-refractivity contribution in [3.05, 3.63) is 126 Å². The van der Waals surface area contributed by atoms with Gasteiger partial charge in [0.15, 0.2) is 0 Å². The van der Waals surface area contributed by atoms with Crippen molar-refractivity contribution in [1.29, 1.82) is 0 Å². The van der Waals surface area contributed by atoms with Crippen molar-refractivity contribution < 1.29 is 27.1 Å². The lowest BCUT2D eigenvalue weighted by molar-refractivity contribution is -0.140. The van der Waals surface area contributed by atoms with Gasteiger partial charge in [-0.05, 0) is 75.2 Å². The third-order valence-electron chi connectivity index (χ3n) is 7.27. The molecule has 0 fully saturated rings. The summed E-state index contributed by atoms with van der Waals surface area (Å²) in [6.45, 7) is 6.54. The molecule has 242 valence electrons. The first-order valence-corrected chi connectivity index (χ1v) is 16.3. The van der Waals surface area contributed by atoms with E-state index >= 15 is 4.39 Å². The summed E-state index contributed by atoms with van der Waals surface area (Å²) in [6.07, 6.45) is 0.156. The van der Waals surface area contributed by atoms with Crippen molar-refractivity contribution in [2.45, 2.75) is 57.1 Å². The summed E-state index contributed by atoms with van der Waals surface area (Å²) in [5, 5.41) is 2.99. The van der Waals surface area contributed by atoms with E-state index in [0.717, 1.165) is 21.5 Å². The first-order chi connectivity index (χ1) is 21.8. The zero-order valence-electron chi connectivity index (χ0n) is 26.7. The van der Waals surface area contributed by atoms with Crippen LogP contribution in [0.15, 0.2) is 108 Å². The minimum absolute atomic E-state index is 0.0409. The summed E-state index contributed by atoms with van der Waals surface area (Å²) in [6, 6.07) is 26.8. The Morgan fingerprint density at radius 1 is 0.870 bits per heavy atom. The summed E-state index contributed by atoms with van der Waals surface area (Å²) < 4.78 is 49.6. The van der Waals surface area contributed by atoms with E-state index in [-0.39, 0.29) is 23.5 Å². The monoisotopic (exact) mass is 645 g/mol. The third-order valence-corrected chi connectivity index (χ3v) is 9.04. The van der Waals surface area contributed by atoms with Gasteiger partial charge in [-0.2, -0.15) is 0 Å². The van der Waals surface area contributed by atoms with Gasteiger partial charge in [0.25, 0.3) is 10.0 Å². The van der Waals surface area contributed by atoms with Gasteiger partial charge >= 0.3 is 0 Å². The summed E-state index contributed by atoms with van der Waals surface area (Å²) in [7, 11) is -2.89. The number of benzene rings is 4. The summed E-state index contributed by atoms with van der Waals surface area (Å²) in [4.78, 5) is 29.7. The van der Waals surface area contributed by atoms with Gasteiger partial charge in [-0.3, -0.25) is 13.9 Å². The van der Waals surface area contributed by atoms with Gasteiger partial charge in [-0.15, -0.1) is 0 Å². The van der Waals surface area contributed by atoms with Crippen molar-refractivity contribution in [1.82, 2.24) is 10.2 Å². The van der Waals surface area contributed by atoms with Crippen molar-refractivity contribution >= 4 is 27.5 Å². The Balaban J connectivity index is 1.84. The van der Waals surface area contributed by atoms with Crippen molar-refractivity contribution in [3.63, 3.8) is 0 Å². The zero-order valence-corrected chi connectivity index (χ0v) is 27.6. The fraction of sp³-hybridized carbons (Fsp3) is 0.278. The van der Waals surface area contributed by atoms with Gasteiger partial charge in [0.1, 0.15) is 24.2 Å². The van der Waals surface area contributed by atoms with Crippen LogP contribution in [0, 0.1) is 12.7 Å². The van der Waals surface area contributed by atoms with Crippen molar-refractivity contribution in [3.8, 4) is 5.75 Å². The molecular weight excluding hydrogens is 605 g/mol. The van der Waals surface area contributed by atoms with E-state index in [2.05, 4.69) is 5.32 Å². The minimum Gasteiger partial charge on any atom is -0.497 e. The number of sulfonamides is 1. The second kappa shape index (κ2) is 14.6. The Labute approximate surface area is 270 Å². The molecule has 0 radical (unpaired) electrons. The van der Waals surface area contributed by atoms with Crippen LogP contribution in [0.4, 0.5) is 10.1 Å². The highest BCUT2D eigenvalue weighted by Gasteiger charge is 2.36. The van der Waals surface area contributed by atoms with Crippen LogP contribution in [-0.4, -0.2) is 50.4 Å². The van der Waals surface area contributed by atoms with Gasteiger partial charge in [0.2, 0.25) is 11.8 Å². The van der Waals surface area contributed by atoms with Gasteiger partial charge in [-0.1, -0.05) is 72.3 Å². The molecule has 0 saturated heterocycles. The van der Waals surface area contributed by atoms with E-state index in [0.29, 0.717) is 11.3 Å². The normalized spacial score (nSPS) is 12.2. The van der Waals surface area contributed by atoms with E-state index in [4.69, 9.17) is 4.74 Å². The second-order valence-corrected chi connectivity index (χ2v) is 14.0. The predicted molar refractivity (Wildman–Crippen MR) is 177 cm³/mol. The van der Waals surface area contributed by atoms with Crippen LogP contribution < -0.4 is 14.4 Å². The molecule has 0 unspecified atom stereocenters. The Hall–Kier alpha value is -4.70. The largest absolute Gasteiger partial charge is 0.497 e. The number of aryl methyl sites for hydroxylation is 1. The number of methoxy groups -OCH3 is 1. The maximum Gasteiger partial charge on any atom is 0.264 e. The Morgan fingerprint density at radius 2 is 1.50 bits per heavy atom. The molecule has 10 heteroatoms. The SMILES string of the molecule is COc1cccc(CN(C(=O)CN(c2ccccc2F)S(=O)(=O)c2ccc(C)cc2)[C@@H](Cc2ccccc2)C(=O)NC(C)(C)C)c1. The molecule has 8 nitrogen and oxygen atoms in total. The van der Waals surface area contributed by atoms with Gasteiger partial charge < -0.3 is 15.0 Å². The molecule has 2 amide bonds. The fourth-order valence-corrected chi connectivity index (χ4v) is 6.40. The molecule has 0 aliphatic carbocycles. The first kappa shape index (κ1) is 34.2. The zero-order chi connectivity index (χ0) is 33.5. The van der Waals surface area contributed by atoms with Crippen LogP contribution >= 0.6 is 0 Å². The number of amides is 2. The lowest BCUT2D eigenvalue weighted by Crippen LogP contribution is -2.56. The Kier molecular flexibility index (Phi) is 10.8. The lowest BCUT2D eigenvalue weighted by atomic mass is 10.0. The van der Waals surface area contributed by atoms with E-state index < -0.39 is 45.8 Å². The number of halogens is 1. The second-order valence-electron chi connectivity index (χ2n) is 12.1. The molecule has 0 spiro atoms. The van der Waals surface area contributed by atoms with Crippen LogP contribution in [0.2, 0.25) is 0 Å². The average molecular weight is 646 g/mol. The summed E-state index contributed by atoms with van der Waals surface area (Å²) >= 11 is 0. The standard InChI is InChI=1S/C36H40FN3O5S/c1-26-18-20-30(21-19-26)46(43,44)40(32-17-10-9-16-31(32)37)25-34(41)39(24-28-14-11-15-29(22-28)45-5)33(35(42)38-36(2,3)4)23-27-12-7-6-8-13-27/h6-22,33H,23-25H2,1-5H3,(H,38,42)/t33-/m0/s1. The smallest absolute Gasteiger partial charge is 0.264 e. The highest BCUT2D eigenvalue weighted by Crippen LogP contribution is 2.28. The molecule has 0 aliphatic heterocycles.